The van der Waals surface area contributed by atoms with E-state index in [0.717, 1.165) is 26.2 Å². The number of carbonyl (C=O) groups excluding carboxylic acids is 2. The predicted molar refractivity (Wildman–Crippen MR) is 115 cm³/mol. The summed E-state index contributed by atoms with van der Waals surface area (Å²) in [5.41, 5.74) is 1.01. The number of likely N-dealkylation sites (N-methyl/N-ethyl adjacent to an activating group) is 1. The summed E-state index contributed by atoms with van der Waals surface area (Å²) in [6, 6.07) is 5.65. The van der Waals surface area contributed by atoms with E-state index in [1.807, 2.05) is 0 Å². The number of aromatic nitrogens is 2. The number of carbonyl (C=O) groups is 2. The smallest absolute Gasteiger partial charge is 0.240 e. The monoisotopic (exact) mass is 435 g/mol. The van der Waals surface area contributed by atoms with Crippen LogP contribution in [0.4, 0.5) is 5.69 Å². The van der Waals surface area contributed by atoms with Crippen molar-refractivity contribution in [1.29, 1.82) is 0 Å². The maximum absolute atomic E-state index is 12.3. The first-order chi connectivity index (χ1) is 14.2. The van der Waals surface area contributed by atoms with Crippen molar-refractivity contribution in [1.82, 2.24) is 19.4 Å². The molecular formula is C20H29N5O4S. The van der Waals surface area contributed by atoms with Crippen LogP contribution in [-0.4, -0.2) is 61.0 Å². The van der Waals surface area contributed by atoms with Crippen LogP contribution < -0.4 is 10.0 Å². The fourth-order valence-corrected chi connectivity index (χ4v) is 3.84. The summed E-state index contributed by atoms with van der Waals surface area (Å²) in [7, 11) is -3.75. The van der Waals surface area contributed by atoms with Crippen LogP contribution in [0.25, 0.3) is 0 Å². The van der Waals surface area contributed by atoms with Gasteiger partial charge in [-0.05, 0) is 32.1 Å². The van der Waals surface area contributed by atoms with Gasteiger partial charge >= 0.3 is 0 Å². The Morgan fingerprint density at radius 1 is 1.13 bits per heavy atom. The van der Waals surface area contributed by atoms with Gasteiger partial charge in [0.15, 0.2) is 5.78 Å². The molecule has 0 fully saturated rings. The maximum Gasteiger partial charge on any atom is 0.240 e. The summed E-state index contributed by atoms with van der Waals surface area (Å²) < 4.78 is 28.7. The lowest BCUT2D eigenvalue weighted by molar-refractivity contribution is -0.116. The van der Waals surface area contributed by atoms with Gasteiger partial charge in [-0.3, -0.25) is 14.3 Å². The van der Waals surface area contributed by atoms with Gasteiger partial charge in [0.1, 0.15) is 0 Å². The third kappa shape index (κ3) is 7.05. The lowest BCUT2D eigenvalue weighted by Gasteiger charge is -2.17. The number of anilines is 1. The second-order valence-corrected chi connectivity index (χ2v) is 8.56. The molecule has 0 unspecified atom stereocenters. The average molecular weight is 436 g/mol. The van der Waals surface area contributed by atoms with E-state index in [0.29, 0.717) is 11.3 Å². The highest BCUT2D eigenvalue weighted by Crippen LogP contribution is 2.11. The zero-order chi connectivity index (χ0) is 22.1. The van der Waals surface area contributed by atoms with E-state index in [2.05, 4.69) is 33.9 Å². The summed E-state index contributed by atoms with van der Waals surface area (Å²) in [4.78, 5) is 25.7. The van der Waals surface area contributed by atoms with E-state index in [1.165, 1.54) is 31.2 Å². The molecular weight excluding hydrogens is 406 g/mol. The number of hydrogen-bond acceptors (Lipinski definition) is 6. The summed E-state index contributed by atoms with van der Waals surface area (Å²) in [6.45, 7) is 9.11. The minimum absolute atomic E-state index is 0.0185. The topological polar surface area (TPSA) is 113 Å². The second kappa shape index (κ2) is 11.0. The van der Waals surface area contributed by atoms with Crippen molar-refractivity contribution in [3.05, 3.63) is 42.2 Å². The van der Waals surface area contributed by atoms with E-state index in [-0.39, 0.29) is 29.6 Å². The Balaban J connectivity index is 1.80. The van der Waals surface area contributed by atoms with Crippen molar-refractivity contribution >= 4 is 27.4 Å². The lowest BCUT2D eigenvalue weighted by atomic mass is 10.2. The number of Topliss-reactive ketones (excluding diaryl/α,β-unsaturated/α-hetero) is 1. The Morgan fingerprint density at radius 2 is 1.80 bits per heavy atom. The molecule has 0 aliphatic heterocycles. The highest BCUT2D eigenvalue weighted by atomic mass is 32.2. The van der Waals surface area contributed by atoms with Crippen molar-refractivity contribution in [2.75, 3.05) is 31.5 Å². The van der Waals surface area contributed by atoms with Crippen molar-refractivity contribution < 1.29 is 18.0 Å². The van der Waals surface area contributed by atoms with Crippen molar-refractivity contribution in [2.45, 2.75) is 38.6 Å². The number of ketones is 1. The number of rotatable bonds is 12. The average Bonchev–Trinajstić information content (AvgIpc) is 3.15. The number of nitrogens with one attached hydrogen (secondary N) is 2. The number of hydrogen-bond donors (Lipinski definition) is 2. The largest absolute Gasteiger partial charge is 0.323 e. The summed E-state index contributed by atoms with van der Waals surface area (Å²) >= 11 is 0. The van der Waals surface area contributed by atoms with Crippen LogP contribution in [-0.2, 0) is 21.4 Å². The van der Waals surface area contributed by atoms with Crippen molar-refractivity contribution in [2.24, 2.45) is 0 Å². The van der Waals surface area contributed by atoms with Crippen LogP contribution >= 0.6 is 0 Å². The van der Waals surface area contributed by atoms with Gasteiger partial charge in [0.2, 0.25) is 15.9 Å². The lowest BCUT2D eigenvalue weighted by Crippen LogP contribution is -2.28. The van der Waals surface area contributed by atoms with Crippen molar-refractivity contribution in [3.63, 3.8) is 0 Å². The first-order valence-corrected chi connectivity index (χ1v) is 11.4. The molecule has 0 atom stereocenters. The molecule has 0 bridgehead atoms. The molecule has 9 nitrogen and oxygen atoms in total. The molecule has 164 valence electrons. The molecule has 1 amide bonds. The van der Waals surface area contributed by atoms with Gasteiger partial charge in [-0.25, -0.2) is 13.1 Å². The molecule has 30 heavy (non-hydrogen) atoms. The van der Waals surface area contributed by atoms with Crippen LogP contribution in [0.2, 0.25) is 0 Å². The van der Waals surface area contributed by atoms with Gasteiger partial charge < -0.3 is 10.2 Å². The predicted octanol–water partition coefficient (Wildman–Crippen LogP) is 1.73. The molecule has 1 aromatic heterocycles. The molecule has 0 spiro atoms. The minimum Gasteiger partial charge on any atom is -0.323 e. The molecule has 1 aromatic carbocycles. The molecule has 0 aliphatic rings. The number of benzene rings is 1. The molecule has 2 aromatic rings. The number of amides is 1. The zero-order valence-corrected chi connectivity index (χ0v) is 18.4. The Bertz CT molecular complexity index is 950. The number of nitrogens with zero attached hydrogens (tertiary/aromatic N) is 3. The van der Waals surface area contributed by atoms with Gasteiger partial charge in [0.25, 0.3) is 0 Å². The van der Waals surface area contributed by atoms with Crippen LogP contribution in [0.5, 0.6) is 0 Å². The molecule has 0 aliphatic carbocycles. The highest BCUT2D eigenvalue weighted by Gasteiger charge is 2.15. The molecule has 0 radical (unpaired) electrons. The molecule has 2 rings (SSSR count). The van der Waals surface area contributed by atoms with E-state index in [4.69, 9.17) is 0 Å². The van der Waals surface area contributed by atoms with E-state index in [9.17, 15) is 18.0 Å². The van der Waals surface area contributed by atoms with E-state index in [1.54, 1.807) is 17.1 Å². The Labute approximate surface area is 177 Å². The fourth-order valence-electron chi connectivity index (χ4n) is 2.81. The Morgan fingerprint density at radius 3 is 2.40 bits per heavy atom. The van der Waals surface area contributed by atoms with E-state index < -0.39 is 10.0 Å². The van der Waals surface area contributed by atoms with Crippen LogP contribution in [0, 0.1) is 0 Å². The minimum atomic E-state index is -3.75. The van der Waals surface area contributed by atoms with Crippen LogP contribution in [0.1, 0.15) is 37.6 Å². The van der Waals surface area contributed by atoms with Gasteiger partial charge in [-0.1, -0.05) is 26.0 Å². The standard InChI is InChI=1S/C20H29N5O4S/c1-4-24(5-2)12-13-25-15-18(14-21-25)23-20(27)10-11-22-30(28,29)19-8-6-17(7-9-19)16(3)26/h6-9,14-15,22H,4-5,10-13H2,1-3H3,(H,23,27). The quantitative estimate of drug-likeness (QED) is 0.491. The first kappa shape index (κ1) is 23.7. The molecule has 2 N–H and O–H groups in total. The fraction of sp³-hybridized carbons (Fsp3) is 0.450. The Kier molecular flexibility index (Phi) is 8.70. The van der Waals surface area contributed by atoms with Crippen LogP contribution in [0.15, 0.2) is 41.6 Å². The maximum atomic E-state index is 12.3. The summed E-state index contributed by atoms with van der Waals surface area (Å²) in [5.74, 6) is -0.451. The third-order valence-electron chi connectivity index (χ3n) is 4.67. The molecule has 0 saturated heterocycles. The second-order valence-electron chi connectivity index (χ2n) is 6.80. The summed E-state index contributed by atoms with van der Waals surface area (Å²) in [5, 5.41) is 6.94. The zero-order valence-electron chi connectivity index (χ0n) is 17.6. The SMILES string of the molecule is CCN(CC)CCn1cc(NC(=O)CCNS(=O)(=O)c2ccc(C(C)=O)cc2)cn1. The Hall–Kier alpha value is -2.56. The third-order valence-corrected chi connectivity index (χ3v) is 6.15. The summed E-state index contributed by atoms with van der Waals surface area (Å²) in [6.07, 6.45) is 3.30. The van der Waals surface area contributed by atoms with Gasteiger partial charge in [-0.15, -0.1) is 0 Å². The molecule has 1 heterocycles. The molecule has 10 heteroatoms. The van der Waals surface area contributed by atoms with E-state index >= 15 is 0 Å². The molecule has 0 saturated carbocycles. The van der Waals surface area contributed by atoms with Gasteiger partial charge in [-0.2, -0.15) is 5.10 Å². The van der Waals surface area contributed by atoms with Crippen LogP contribution in [0.3, 0.4) is 0 Å². The van der Waals surface area contributed by atoms with Gasteiger partial charge in [0.05, 0.1) is 23.3 Å². The highest BCUT2D eigenvalue weighted by molar-refractivity contribution is 7.89. The van der Waals surface area contributed by atoms with Gasteiger partial charge in [0, 0.05) is 31.3 Å². The number of sulfonamides is 1. The first-order valence-electron chi connectivity index (χ1n) is 9.90. The normalized spacial score (nSPS) is 11.6. The van der Waals surface area contributed by atoms with Crippen molar-refractivity contribution in [3.8, 4) is 0 Å².